The molecule has 0 radical (unpaired) electrons. The number of rotatable bonds is 3. The van der Waals surface area contributed by atoms with Crippen LogP contribution >= 0.6 is 23.2 Å². The van der Waals surface area contributed by atoms with E-state index in [9.17, 15) is 9.18 Å². The molecule has 33 heavy (non-hydrogen) atoms. The summed E-state index contributed by atoms with van der Waals surface area (Å²) in [6, 6.07) is 8.96. The summed E-state index contributed by atoms with van der Waals surface area (Å²) < 4.78 is 20.1. The number of aromatic nitrogens is 2. The van der Waals surface area contributed by atoms with Gasteiger partial charge in [-0.2, -0.15) is 0 Å². The Balaban J connectivity index is 1.62. The number of hydrogen-bond acceptors (Lipinski definition) is 5. The van der Waals surface area contributed by atoms with Gasteiger partial charge in [-0.05, 0) is 63.4 Å². The molecule has 1 fully saturated rings. The van der Waals surface area contributed by atoms with Crippen molar-refractivity contribution in [3.63, 3.8) is 0 Å². The normalized spacial score (nSPS) is 16.7. The maximum absolute atomic E-state index is 14.6. The Morgan fingerprint density at radius 1 is 1.21 bits per heavy atom. The lowest BCUT2D eigenvalue weighted by molar-refractivity contribution is 0.0198. The van der Waals surface area contributed by atoms with Crippen molar-refractivity contribution in [3.8, 4) is 0 Å². The monoisotopic (exact) mass is 490 g/mol. The van der Waals surface area contributed by atoms with E-state index in [2.05, 4.69) is 15.3 Å². The molecule has 1 aliphatic heterocycles. The van der Waals surface area contributed by atoms with Crippen LogP contribution in [-0.2, 0) is 4.74 Å². The van der Waals surface area contributed by atoms with Crippen LogP contribution in [0.15, 0.2) is 36.7 Å². The molecule has 0 bridgehead atoms. The summed E-state index contributed by atoms with van der Waals surface area (Å²) in [7, 11) is 0. The number of halogens is 3. The van der Waals surface area contributed by atoms with E-state index in [1.807, 2.05) is 39.0 Å². The van der Waals surface area contributed by atoms with E-state index in [4.69, 9.17) is 27.9 Å². The number of likely N-dealkylation sites (tertiary alicyclic amines) is 1. The van der Waals surface area contributed by atoms with E-state index >= 15 is 0 Å². The van der Waals surface area contributed by atoms with Crippen molar-refractivity contribution < 1.29 is 13.9 Å². The van der Waals surface area contributed by atoms with Crippen LogP contribution in [0, 0.1) is 5.82 Å². The molecule has 2 aromatic carbocycles. The molecule has 4 rings (SSSR count). The largest absolute Gasteiger partial charge is 0.444 e. The third-order valence-electron chi connectivity index (χ3n) is 5.49. The number of carbonyl (C=O) groups excluding carboxylic acids is 1. The van der Waals surface area contributed by atoms with Gasteiger partial charge in [-0.3, -0.25) is 0 Å². The number of anilines is 2. The number of piperidine rings is 1. The molecule has 1 N–H and O–H groups in total. The summed E-state index contributed by atoms with van der Waals surface area (Å²) in [5.74, 6) is -0.0447. The van der Waals surface area contributed by atoms with E-state index in [1.165, 1.54) is 18.5 Å². The van der Waals surface area contributed by atoms with Gasteiger partial charge in [0.1, 0.15) is 17.7 Å². The first-order chi connectivity index (χ1) is 15.6. The number of fused-ring (bicyclic) bond motifs is 1. The van der Waals surface area contributed by atoms with Crippen LogP contribution in [0.4, 0.5) is 20.7 Å². The molecule has 0 saturated carbocycles. The van der Waals surface area contributed by atoms with E-state index in [0.29, 0.717) is 18.9 Å². The van der Waals surface area contributed by atoms with Crippen molar-refractivity contribution >= 4 is 51.7 Å². The number of ether oxygens (including phenoxy) is 1. The van der Waals surface area contributed by atoms with Crippen molar-refractivity contribution in [2.45, 2.75) is 45.1 Å². The first-order valence-corrected chi connectivity index (χ1v) is 11.5. The van der Waals surface area contributed by atoms with Crippen LogP contribution in [0.25, 0.3) is 10.9 Å². The SMILES string of the molecule is CC(C)(C)OC(=O)N1CCC[C@H](c2ccc3ncnc(Nc4ccc(Cl)c(Cl)c4F)c3c2)C1. The van der Waals surface area contributed by atoms with Crippen molar-refractivity contribution in [1.82, 2.24) is 14.9 Å². The predicted octanol–water partition coefficient (Wildman–Crippen LogP) is 6.93. The van der Waals surface area contributed by atoms with Crippen LogP contribution < -0.4 is 5.32 Å². The molecule has 0 spiro atoms. The summed E-state index contributed by atoms with van der Waals surface area (Å²) in [4.78, 5) is 23.0. The molecule has 9 heteroatoms. The van der Waals surface area contributed by atoms with Crippen molar-refractivity contribution in [2.75, 3.05) is 18.4 Å². The summed E-state index contributed by atoms with van der Waals surface area (Å²) in [5.41, 5.74) is 1.41. The van der Waals surface area contributed by atoms with Gasteiger partial charge in [-0.25, -0.2) is 19.2 Å². The number of nitrogens with one attached hydrogen (secondary N) is 1. The first kappa shape index (κ1) is 23.5. The second-order valence-electron chi connectivity index (χ2n) is 9.11. The van der Waals surface area contributed by atoms with E-state index in [1.54, 1.807) is 4.90 Å². The lowest BCUT2D eigenvalue weighted by atomic mass is 9.90. The second kappa shape index (κ2) is 9.31. The zero-order chi connectivity index (χ0) is 23.8. The average Bonchev–Trinajstić information content (AvgIpc) is 2.78. The highest BCUT2D eigenvalue weighted by Gasteiger charge is 2.28. The number of nitrogens with zero attached hydrogens (tertiary/aromatic N) is 3. The Kier molecular flexibility index (Phi) is 6.64. The summed E-state index contributed by atoms with van der Waals surface area (Å²) in [5, 5.41) is 3.75. The molecule has 1 saturated heterocycles. The van der Waals surface area contributed by atoms with Crippen LogP contribution in [0.5, 0.6) is 0 Å². The van der Waals surface area contributed by atoms with Crippen LogP contribution in [0.2, 0.25) is 10.0 Å². The number of carbonyl (C=O) groups is 1. The molecule has 0 aliphatic carbocycles. The maximum Gasteiger partial charge on any atom is 0.410 e. The lowest BCUT2D eigenvalue weighted by Gasteiger charge is -2.34. The Hall–Kier alpha value is -2.64. The highest BCUT2D eigenvalue weighted by atomic mass is 35.5. The Labute approximate surface area is 202 Å². The second-order valence-corrected chi connectivity index (χ2v) is 9.90. The van der Waals surface area contributed by atoms with Gasteiger partial charge in [0.15, 0.2) is 5.82 Å². The minimum absolute atomic E-state index is 0.140. The summed E-state index contributed by atoms with van der Waals surface area (Å²) >= 11 is 11.8. The number of amides is 1. The zero-order valence-electron chi connectivity index (χ0n) is 18.7. The van der Waals surface area contributed by atoms with Crippen molar-refractivity contribution in [1.29, 1.82) is 0 Å². The van der Waals surface area contributed by atoms with E-state index in [0.717, 1.165) is 29.3 Å². The third kappa shape index (κ3) is 5.31. The highest BCUT2D eigenvalue weighted by Crippen LogP contribution is 2.34. The quantitative estimate of drug-likeness (QED) is 0.403. The molecule has 0 unspecified atom stereocenters. The first-order valence-electron chi connectivity index (χ1n) is 10.8. The van der Waals surface area contributed by atoms with Crippen LogP contribution in [0.1, 0.15) is 45.1 Å². The van der Waals surface area contributed by atoms with Crippen molar-refractivity contribution in [2.24, 2.45) is 0 Å². The third-order valence-corrected chi connectivity index (χ3v) is 6.27. The summed E-state index contributed by atoms with van der Waals surface area (Å²) in [6.45, 7) is 6.83. The van der Waals surface area contributed by atoms with Crippen LogP contribution in [-0.4, -0.2) is 39.7 Å². The molecule has 1 amide bonds. The standard InChI is InChI=1S/C24H25Cl2FN4O2/c1-24(2,3)33-23(32)31-10-4-5-15(12-31)14-6-8-18-16(11-14)22(29-13-28-18)30-19-9-7-17(25)20(26)21(19)27/h6-9,11,13,15H,4-5,10,12H2,1-3H3,(H,28,29,30)/t15-/m0/s1. The van der Waals surface area contributed by atoms with Gasteiger partial charge in [0.05, 0.1) is 21.2 Å². The fraction of sp³-hybridized carbons (Fsp3) is 0.375. The minimum atomic E-state index is -0.646. The molecule has 6 nitrogen and oxygen atoms in total. The van der Waals surface area contributed by atoms with Gasteiger partial charge < -0.3 is 15.0 Å². The topological polar surface area (TPSA) is 67.3 Å². The fourth-order valence-electron chi connectivity index (χ4n) is 3.92. The molecular weight excluding hydrogens is 466 g/mol. The van der Waals surface area contributed by atoms with Gasteiger partial charge in [0, 0.05) is 24.4 Å². The summed E-state index contributed by atoms with van der Waals surface area (Å²) in [6.07, 6.45) is 2.95. The Morgan fingerprint density at radius 2 is 2.00 bits per heavy atom. The maximum atomic E-state index is 14.6. The minimum Gasteiger partial charge on any atom is -0.444 e. The fourth-order valence-corrected chi connectivity index (χ4v) is 4.23. The van der Waals surface area contributed by atoms with Gasteiger partial charge in [0.2, 0.25) is 0 Å². The number of hydrogen-bond donors (Lipinski definition) is 1. The zero-order valence-corrected chi connectivity index (χ0v) is 20.2. The van der Waals surface area contributed by atoms with Gasteiger partial charge in [-0.15, -0.1) is 0 Å². The molecule has 3 aromatic rings. The molecule has 1 aromatic heterocycles. The molecule has 2 heterocycles. The smallest absolute Gasteiger partial charge is 0.410 e. The molecule has 1 atom stereocenters. The van der Waals surface area contributed by atoms with Gasteiger partial charge in [-0.1, -0.05) is 29.3 Å². The van der Waals surface area contributed by atoms with Crippen LogP contribution in [0.3, 0.4) is 0 Å². The molecular formula is C24H25Cl2FN4O2. The van der Waals surface area contributed by atoms with Gasteiger partial charge in [0.25, 0.3) is 0 Å². The molecule has 174 valence electrons. The lowest BCUT2D eigenvalue weighted by Crippen LogP contribution is -2.42. The number of benzene rings is 2. The Morgan fingerprint density at radius 3 is 2.76 bits per heavy atom. The van der Waals surface area contributed by atoms with E-state index in [-0.39, 0.29) is 27.7 Å². The molecule has 1 aliphatic rings. The average molecular weight is 491 g/mol. The van der Waals surface area contributed by atoms with Crippen molar-refractivity contribution in [3.05, 3.63) is 58.1 Å². The van der Waals surface area contributed by atoms with E-state index < -0.39 is 11.4 Å². The Bertz CT molecular complexity index is 1200. The van der Waals surface area contributed by atoms with Gasteiger partial charge >= 0.3 is 6.09 Å². The highest BCUT2D eigenvalue weighted by molar-refractivity contribution is 6.42. The predicted molar refractivity (Wildman–Crippen MR) is 129 cm³/mol.